The quantitative estimate of drug-likeness (QED) is 0.132. The predicted octanol–water partition coefficient (Wildman–Crippen LogP) is 7.05. The Morgan fingerprint density at radius 2 is 1.83 bits per heavy atom. The summed E-state index contributed by atoms with van der Waals surface area (Å²) < 4.78 is 7.82. The van der Waals surface area contributed by atoms with Crippen LogP contribution in [0.2, 0.25) is 0 Å². The first-order valence-electron chi connectivity index (χ1n) is 10.4. The van der Waals surface area contributed by atoms with Gasteiger partial charge in [-0.05, 0) is 113 Å². The number of ether oxygens (including phenoxy) is 1. The second-order valence-corrected chi connectivity index (χ2v) is 10.8. The molecule has 0 spiro atoms. The van der Waals surface area contributed by atoms with Crippen LogP contribution in [0.15, 0.2) is 69.0 Å². The van der Waals surface area contributed by atoms with Gasteiger partial charge in [-0.2, -0.15) is 0 Å². The van der Waals surface area contributed by atoms with Crippen LogP contribution >= 0.6 is 50.3 Å². The molecule has 1 amide bonds. The number of amidine groups is 1. The molecule has 1 aliphatic rings. The third-order valence-corrected chi connectivity index (χ3v) is 8.10. The van der Waals surface area contributed by atoms with Crippen molar-refractivity contribution in [2.75, 3.05) is 0 Å². The van der Waals surface area contributed by atoms with E-state index in [1.54, 1.807) is 12.1 Å². The van der Waals surface area contributed by atoms with E-state index in [-0.39, 0.29) is 11.6 Å². The Labute approximate surface area is 228 Å². The fourth-order valence-corrected chi connectivity index (χ4v) is 5.10. The predicted molar refractivity (Wildman–Crippen MR) is 151 cm³/mol. The van der Waals surface area contributed by atoms with Crippen LogP contribution in [0.25, 0.3) is 6.08 Å². The molecule has 0 atom stereocenters. The zero-order valence-electron chi connectivity index (χ0n) is 18.7. The second kappa shape index (κ2) is 10.9. The number of nitrogens with zero attached hydrogens (tertiary/aromatic N) is 2. The highest BCUT2D eigenvalue weighted by molar-refractivity contribution is 14.1. The van der Waals surface area contributed by atoms with Crippen LogP contribution in [0.3, 0.4) is 0 Å². The lowest BCUT2D eigenvalue weighted by molar-refractivity contribution is -0.384. The van der Waals surface area contributed by atoms with Crippen LogP contribution in [0, 0.1) is 27.5 Å². The number of aliphatic imine (C=N–C) groups is 1. The lowest BCUT2D eigenvalue weighted by Gasteiger charge is -2.09. The van der Waals surface area contributed by atoms with Gasteiger partial charge >= 0.3 is 0 Å². The van der Waals surface area contributed by atoms with Gasteiger partial charge in [0, 0.05) is 16.6 Å². The maximum Gasteiger partial charge on any atom is 0.269 e. The number of benzene rings is 3. The maximum absolute atomic E-state index is 12.5. The summed E-state index contributed by atoms with van der Waals surface area (Å²) in [5.74, 6) is 0.505. The molecule has 1 aliphatic heterocycles. The number of non-ortho nitro benzene ring substituents is 1. The molecule has 0 radical (unpaired) electrons. The molecule has 3 aromatic rings. The standard InChI is InChI=1S/C25H19BrIN3O4S/c1-14-9-18(10-15(2)23(14)26)28-25-29-24(31)22(35-25)12-17-5-8-21(20(27)11-17)34-13-16-3-6-19(7-4-16)30(32)33/h3-12H,13H2,1-2H3,(H,28,29,31)/b22-12-. The molecular weight excluding hydrogens is 645 g/mol. The summed E-state index contributed by atoms with van der Waals surface area (Å²) in [7, 11) is 0. The molecule has 3 aromatic carbocycles. The molecule has 178 valence electrons. The summed E-state index contributed by atoms with van der Waals surface area (Å²) >= 11 is 7.04. The average Bonchev–Trinajstić information content (AvgIpc) is 3.15. The highest BCUT2D eigenvalue weighted by Gasteiger charge is 2.24. The van der Waals surface area contributed by atoms with E-state index >= 15 is 0 Å². The van der Waals surface area contributed by atoms with E-state index in [4.69, 9.17) is 4.74 Å². The van der Waals surface area contributed by atoms with Gasteiger partial charge in [-0.25, -0.2) is 4.99 Å². The van der Waals surface area contributed by atoms with Crippen molar-refractivity contribution in [3.63, 3.8) is 0 Å². The molecule has 35 heavy (non-hydrogen) atoms. The molecule has 0 aromatic heterocycles. The fraction of sp³-hybridized carbons (Fsp3) is 0.120. The number of hydrogen-bond acceptors (Lipinski definition) is 6. The van der Waals surface area contributed by atoms with Gasteiger partial charge in [0.05, 0.1) is 19.1 Å². The van der Waals surface area contributed by atoms with Crippen LogP contribution in [-0.2, 0) is 11.4 Å². The Balaban J connectivity index is 1.44. The van der Waals surface area contributed by atoms with Gasteiger partial charge in [0.15, 0.2) is 5.17 Å². The number of carbonyl (C=O) groups is 1. The highest BCUT2D eigenvalue weighted by Crippen LogP contribution is 2.32. The van der Waals surface area contributed by atoms with Crippen LogP contribution in [0.1, 0.15) is 22.3 Å². The first kappa shape index (κ1) is 25.4. The molecule has 0 unspecified atom stereocenters. The minimum atomic E-state index is -0.429. The number of thioether (sulfide) groups is 1. The molecule has 0 aliphatic carbocycles. The molecule has 1 heterocycles. The number of nitrogens with one attached hydrogen (secondary N) is 1. The molecule has 1 fully saturated rings. The summed E-state index contributed by atoms with van der Waals surface area (Å²) in [6.45, 7) is 4.31. The van der Waals surface area contributed by atoms with Crippen molar-refractivity contribution in [2.24, 2.45) is 4.99 Å². The number of halogens is 2. The topological polar surface area (TPSA) is 93.8 Å². The van der Waals surface area contributed by atoms with Gasteiger partial charge in [-0.3, -0.25) is 14.9 Å². The second-order valence-electron chi connectivity index (χ2n) is 7.78. The Hall–Kier alpha value is -2.70. The Kier molecular flexibility index (Phi) is 7.92. The van der Waals surface area contributed by atoms with E-state index < -0.39 is 4.92 Å². The minimum Gasteiger partial charge on any atom is -0.488 e. The molecule has 1 saturated heterocycles. The summed E-state index contributed by atoms with van der Waals surface area (Å²) in [6, 6.07) is 15.9. The van der Waals surface area contributed by atoms with Crippen molar-refractivity contribution in [2.45, 2.75) is 20.5 Å². The van der Waals surface area contributed by atoms with Crippen LogP contribution < -0.4 is 10.1 Å². The molecule has 0 saturated carbocycles. The van der Waals surface area contributed by atoms with Crippen LogP contribution in [0.5, 0.6) is 5.75 Å². The van der Waals surface area contributed by atoms with Crippen LogP contribution in [-0.4, -0.2) is 16.0 Å². The molecule has 10 heteroatoms. The van der Waals surface area contributed by atoms with E-state index in [1.165, 1.54) is 23.9 Å². The monoisotopic (exact) mass is 663 g/mol. The van der Waals surface area contributed by atoms with Gasteiger partial charge in [0.1, 0.15) is 12.4 Å². The van der Waals surface area contributed by atoms with E-state index in [0.717, 1.165) is 36.0 Å². The van der Waals surface area contributed by atoms with E-state index in [2.05, 4.69) is 48.8 Å². The normalized spacial score (nSPS) is 15.5. The number of nitro benzene ring substituents is 1. The zero-order valence-corrected chi connectivity index (χ0v) is 23.2. The highest BCUT2D eigenvalue weighted by atomic mass is 127. The number of rotatable bonds is 6. The van der Waals surface area contributed by atoms with Gasteiger partial charge in [0.25, 0.3) is 11.6 Å². The third-order valence-electron chi connectivity index (χ3n) is 5.10. The van der Waals surface area contributed by atoms with Gasteiger partial charge in [0.2, 0.25) is 0 Å². The van der Waals surface area contributed by atoms with Crippen molar-refractivity contribution in [1.29, 1.82) is 0 Å². The first-order chi connectivity index (χ1) is 16.7. The first-order valence-corrected chi connectivity index (χ1v) is 13.1. The van der Waals surface area contributed by atoms with E-state index in [1.807, 2.05) is 50.3 Å². The van der Waals surface area contributed by atoms with Crippen molar-refractivity contribution >= 4 is 78.8 Å². The largest absolute Gasteiger partial charge is 0.488 e. The summed E-state index contributed by atoms with van der Waals surface area (Å²) in [5, 5.41) is 14.2. The third kappa shape index (κ3) is 6.30. The lowest BCUT2D eigenvalue weighted by Crippen LogP contribution is -2.19. The summed E-state index contributed by atoms with van der Waals surface area (Å²) in [4.78, 5) is 28.0. The molecule has 0 bridgehead atoms. The summed E-state index contributed by atoms with van der Waals surface area (Å²) in [5.41, 5.74) is 4.70. The number of nitro groups is 1. The van der Waals surface area contributed by atoms with E-state index in [0.29, 0.717) is 22.4 Å². The molecule has 7 nitrogen and oxygen atoms in total. The zero-order chi connectivity index (χ0) is 25.1. The molecule has 1 N–H and O–H groups in total. The number of amides is 1. The van der Waals surface area contributed by atoms with Crippen molar-refractivity contribution in [1.82, 2.24) is 5.32 Å². The minimum absolute atomic E-state index is 0.0461. The number of hydrogen-bond donors (Lipinski definition) is 1. The van der Waals surface area contributed by atoms with Gasteiger partial charge in [-0.15, -0.1) is 0 Å². The summed E-state index contributed by atoms with van der Waals surface area (Å²) in [6.07, 6.45) is 1.82. The average molecular weight is 664 g/mol. The van der Waals surface area contributed by atoms with Crippen LogP contribution in [0.4, 0.5) is 11.4 Å². The fourth-order valence-electron chi connectivity index (χ4n) is 3.34. The maximum atomic E-state index is 12.5. The van der Waals surface area contributed by atoms with E-state index in [9.17, 15) is 14.9 Å². The van der Waals surface area contributed by atoms with Crippen molar-refractivity contribution < 1.29 is 14.5 Å². The SMILES string of the molecule is Cc1cc(N=C2NC(=O)/C(=C/c3ccc(OCc4ccc([N+](=O)[O-])cc4)c(I)c3)S2)cc(C)c1Br. The Morgan fingerprint density at radius 3 is 2.46 bits per heavy atom. The van der Waals surface area contributed by atoms with Gasteiger partial charge < -0.3 is 10.1 Å². The smallest absolute Gasteiger partial charge is 0.269 e. The lowest BCUT2D eigenvalue weighted by atomic mass is 10.1. The Bertz CT molecular complexity index is 1370. The Morgan fingerprint density at radius 1 is 1.14 bits per heavy atom. The van der Waals surface area contributed by atoms with Crippen molar-refractivity contribution in [3.05, 3.63) is 99.9 Å². The van der Waals surface area contributed by atoms with Gasteiger partial charge in [-0.1, -0.05) is 22.0 Å². The molecular formula is C25H19BrIN3O4S. The molecule has 4 rings (SSSR count). The van der Waals surface area contributed by atoms with Crippen molar-refractivity contribution in [3.8, 4) is 5.75 Å². The number of aryl methyl sites for hydroxylation is 2. The number of carbonyl (C=O) groups excluding carboxylic acids is 1.